The minimum atomic E-state index is -1.10. The summed E-state index contributed by atoms with van der Waals surface area (Å²) in [4.78, 5) is 54.0. The van der Waals surface area contributed by atoms with Gasteiger partial charge >= 0.3 is 5.97 Å². The Kier molecular flexibility index (Phi) is 12.8. The number of methoxy groups -OCH3 is 1. The zero-order chi connectivity index (χ0) is 25.8. The van der Waals surface area contributed by atoms with Crippen LogP contribution in [0.4, 0.5) is 0 Å². The topological polar surface area (TPSA) is 187 Å². The first-order chi connectivity index (χ1) is 16.7. The largest absolute Gasteiger partial charge is 0.490 e. The van der Waals surface area contributed by atoms with Crippen LogP contribution in [0.1, 0.15) is 25.3 Å². The Morgan fingerprint density at radius 3 is 2.47 bits per heavy atom. The van der Waals surface area contributed by atoms with E-state index in [0.29, 0.717) is 12.2 Å². The second kappa shape index (κ2) is 15.2. The number of fused-ring (bicyclic) bond motifs is 12. The number of nitrogens with zero attached hydrogens (tertiary/aromatic N) is 1. The molecule has 12 nitrogen and oxygen atoms in total. The molecular weight excluding hydrogens is 492 g/mol. The van der Waals surface area contributed by atoms with Gasteiger partial charge in [0, 0.05) is 19.9 Å². The molecule has 3 atom stereocenters. The van der Waals surface area contributed by atoms with Gasteiger partial charge in [0.05, 0.1) is 7.11 Å². The molecule has 13 heteroatoms. The van der Waals surface area contributed by atoms with Gasteiger partial charge in [-0.15, -0.1) is 12.4 Å². The van der Waals surface area contributed by atoms with Gasteiger partial charge in [0.25, 0.3) is 0 Å². The Labute approximate surface area is 215 Å². The molecule has 0 saturated carbocycles. The average molecular weight is 525 g/mol. The number of hydrogen-bond donors (Lipinski definition) is 5. The molecule has 3 rings (SSSR count). The van der Waals surface area contributed by atoms with E-state index in [1.165, 1.54) is 20.1 Å². The molecule has 0 fully saturated rings. The number of nitrogens with one attached hydrogen (secondary N) is 3. The summed E-state index contributed by atoms with van der Waals surface area (Å²) in [7, 11) is 1.20. The van der Waals surface area contributed by atoms with Crippen LogP contribution in [-0.2, 0) is 30.3 Å². The summed E-state index contributed by atoms with van der Waals surface area (Å²) in [6.45, 7) is 1.69. The fourth-order valence-corrected chi connectivity index (χ4v) is 3.36. The molecule has 0 unspecified atom stereocenters. The van der Waals surface area contributed by atoms with Crippen molar-refractivity contribution >= 4 is 42.1 Å². The van der Waals surface area contributed by atoms with E-state index in [1.807, 2.05) is 0 Å². The normalized spacial score (nSPS) is 21.0. The van der Waals surface area contributed by atoms with Crippen molar-refractivity contribution in [3.05, 3.63) is 42.0 Å². The van der Waals surface area contributed by atoms with Crippen molar-refractivity contribution in [2.24, 2.45) is 16.5 Å². The maximum atomic E-state index is 13.1. The van der Waals surface area contributed by atoms with E-state index in [-0.39, 0.29) is 44.4 Å². The van der Waals surface area contributed by atoms with Crippen LogP contribution in [0.15, 0.2) is 41.4 Å². The summed E-state index contributed by atoms with van der Waals surface area (Å²) in [5, 5.41) is 7.88. The molecule has 36 heavy (non-hydrogen) atoms. The summed E-state index contributed by atoms with van der Waals surface area (Å²) >= 11 is 0. The Morgan fingerprint density at radius 1 is 1.17 bits per heavy atom. The predicted molar refractivity (Wildman–Crippen MR) is 135 cm³/mol. The number of halogens is 1. The average Bonchev–Trinajstić information content (AvgIpc) is 2.81. The van der Waals surface area contributed by atoms with E-state index in [2.05, 4.69) is 20.9 Å². The zero-order valence-electron chi connectivity index (χ0n) is 20.2. The molecule has 0 aromatic heterocycles. The van der Waals surface area contributed by atoms with Gasteiger partial charge in [0.15, 0.2) is 5.96 Å². The molecule has 0 radical (unpaired) electrons. The number of ether oxygens (including phenoxy) is 2. The number of rotatable bonds is 6. The van der Waals surface area contributed by atoms with E-state index < -0.39 is 41.8 Å². The minimum Gasteiger partial charge on any atom is -0.490 e. The number of amides is 3. The Balaban J connectivity index is 0.00000648. The maximum absolute atomic E-state index is 13.1. The maximum Gasteiger partial charge on any atom is 0.332 e. The molecule has 0 saturated heterocycles. The van der Waals surface area contributed by atoms with E-state index in [4.69, 9.17) is 20.9 Å². The fraction of sp³-hybridized carbons (Fsp3) is 0.435. The summed E-state index contributed by atoms with van der Waals surface area (Å²) in [5.41, 5.74) is 11.5. The van der Waals surface area contributed by atoms with Gasteiger partial charge in [0.1, 0.15) is 30.5 Å². The lowest BCUT2D eigenvalue weighted by atomic mass is 10.0. The van der Waals surface area contributed by atoms with Crippen molar-refractivity contribution in [3.8, 4) is 5.75 Å². The number of aliphatic imine (C=N–C) groups is 1. The highest BCUT2D eigenvalue weighted by atomic mass is 35.5. The number of carbonyl (C=O) groups is 4. The minimum absolute atomic E-state index is 0. The van der Waals surface area contributed by atoms with Crippen LogP contribution < -0.4 is 32.2 Å². The number of hydrogen-bond acceptors (Lipinski definition) is 7. The molecule has 1 aromatic carbocycles. The predicted octanol–water partition coefficient (Wildman–Crippen LogP) is -0.700. The standard InChI is InChI=1S/C23H32N6O6.ClH/c1-14(30)27-19-13-15-7-9-16(10-8-15)35-12-4-6-18(22(33)34-2)29-20(31)17(28-21(19)32)5-3-11-26-23(24)25;/h4,6-10,17-19H,3,5,11-13H2,1-2H3,(H,27,30)(H,28,32)(H,29,31)(H4,24,25,26);1H/b6-4+;/t17-,18-,19+;/m0./s1. The third-order valence-electron chi connectivity index (χ3n) is 5.06. The summed E-state index contributed by atoms with van der Waals surface area (Å²) in [6.07, 6.45) is 3.77. The van der Waals surface area contributed by atoms with E-state index >= 15 is 0 Å². The Bertz CT molecular complexity index is 964. The van der Waals surface area contributed by atoms with Gasteiger partial charge in [0.2, 0.25) is 17.7 Å². The number of esters is 1. The first-order valence-corrected chi connectivity index (χ1v) is 11.1. The molecule has 198 valence electrons. The lowest BCUT2D eigenvalue weighted by molar-refractivity contribution is -0.144. The highest BCUT2D eigenvalue weighted by Gasteiger charge is 2.29. The van der Waals surface area contributed by atoms with Crippen LogP contribution in [0, 0.1) is 0 Å². The first kappa shape index (κ1) is 30.2. The lowest BCUT2D eigenvalue weighted by Gasteiger charge is -2.24. The highest BCUT2D eigenvalue weighted by Crippen LogP contribution is 2.14. The number of nitrogens with two attached hydrogens (primary N) is 2. The molecule has 2 bridgehead atoms. The van der Waals surface area contributed by atoms with E-state index in [0.717, 1.165) is 5.56 Å². The van der Waals surface area contributed by atoms with Crippen LogP contribution in [0.2, 0.25) is 0 Å². The van der Waals surface area contributed by atoms with Crippen LogP contribution in [-0.4, -0.2) is 68.0 Å². The molecule has 3 amide bonds. The van der Waals surface area contributed by atoms with Gasteiger partial charge in [-0.2, -0.15) is 0 Å². The van der Waals surface area contributed by atoms with E-state index in [9.17, 15) is 19.2 Å². The van der Waals surface area contributed by atoms with Gasteiger partial charge < -0.3 is 36.9 Å². The van der Waals surface area contributed by atoms with Gasteiger partial charge in [-0.05, 0) is 36.6 Å². The second-order valence-electron chi connectivity index (χ2n) is 7.86. The van der Waals surface area contributed by atoms with Gasteiger partial charge in [-0.1, -0.05) is 18.2 Å². The second-order valence-corrected chi connectivity index (χ2v) is 7.86. The van der Waals surface area contributed by atoms with Crippen molar-refractivity contribution in [1.29, 1.82) is 0 Å². The molecule has 0 spiro atoms. The van der Waals surface area contributed by atoms with E-state index in [1.54, 1.807) is 30.3 Å². The van der Waals surface area contributed by atoms with Crippen LogP contribution >= 0.6 is 12.4 Å². The number of guanidine groups is 1. The summed E-state index contributed by atoms with van der Waals surface area (Å²) in [6, 6.07) is 3.98. The third kappa shape index (κ3) is 10.2. The van der Waals surface area contributed by atoms with Crippen LogP contribution in [0.3, 0.4) is 0 Å². The molecular formula is C23H33ClN6O6. The van der Waals surface area contributed by atoms with Crippen LogP contribution in [0.25, 0.3) is 0 Å². The van der Waals surface area contributed by atoms with Crippen LogP contribution in [0.5, 0.6) is 5.75 Å². The Hall–Kier alpha value is -3.80. The molecule has 1 aromatic rings. The van der Waals surface area contributed by atoms with Crippen molar-refractivity contribution in [2.45, 2.75) is 44.3 Å². The number of benzene rings is 1. The monoisotopic (exact) mass is 524 g/mol. The van der Waals surface area contributed by atoms with Gasteiger partial charge in [-0.25, -0.2) is 4.79 Å². The summed E-state index contributed by atoms with van der Waals surface area (Å²) < 4.78 is 10.4. The Morgan fingerprint density at radius 2 is 1.86 bits per heavy atom. The lowest BCUT2D eigenvalue weighted by Crippen LogP contribution is -2.56. The van der Waals surface area contributed by atoms with Crippen molar-refractivity contribution in [2.75, 3.05) is 20.3 Å². The number of carbonyl (C=O) groups excluding carboxylic acids is 4. The first-order valence-electron chi connectivity index (χ1n) is 11.1. The fourth-order valence-electron chi connectivity index (χ4n) is 3.36. The smallest absolute Gasteiger partial charge is 0.332 e. The molecule has 0 aliphatic carbocycles. The SMILES string of the molecule is COC(=O)[C@@H]1/C=C/COc2ccc(cc2)C[C@@H](NC(C)=O)C(=O)N[C@@H](CCCN=C(N)N)C(=O)N1.Cl. The van der Waals surface area contributed by atoms with Crippen molar-refractivity contribution < 1.29 is 28.7 Å². The molecule has 2 aliphatic heterocycles. The summed E-state index contributed by atoms with van der Waals surface area (Å²) in [5.74, 6) is -1.77. The molecule has 2 aliphatic rings. The highest BCUT2D eigenvalue weighted by molar-refractivity contribution is 5.93. The van der Waals surface area contributed by atoms with Gasteiger partial charge in [-0.3, -0.25) is 19.4 Å². The molecule has 2 heterocycles. The third-order valence-corrected chi connectivity index (χ3v) is 5.06. The van der Waals surface area contributed by atoms with Crippen molar-refractivity contribution in [3.63, 3.8) is 0 Å². The van der Waals surface area contributed by atoms with Crippen molar-refractivity contribution in [1.82, 2.24) is 16.0 Å². The quantitative estimate of drug-likeness (QED) is 0.106. The zero-order valence-corrected chi connectivity index (χ0v) is 21.0. The molecule has 7 N–H and O–H groups in total.